The van der Waals surface area contributed by atoms with Gasteiger partial charge in [-0.2, -0.15) is 0 Å². The Morgan fingerprint density at radius 3 is 2.60 bits per heavy atom. The highest BCUT2D eigenvalue weighted by molar-refractivity contribution is 5.90. The van der Waals surface area contributed by atoms with Gasteiger partial charge in [0.1, 0.15) is 11.9 Å². The highest BCUT2D eigenvalue weighted by Gasteiger charge is 2.27. The van der Waals surface area contributed by atoms with E-state index in [4.69, 9.17) is 0 Å². The normalized spacial score (nSPS) is 12.2. The maximum atomic E-state index is 13.6. The number of benzene rings is 2. The van der Waals surface area contributed by atoms with Gasteiger partial charge in [-0.15, -0.1) is 0 Å². The smallest absolute Gasteiger partial charge is 0.245 e. The molecule has 30 heavy (non-hydrogen) atoms. The summed E-state index contributed by atoms with van der Waals surface area (Å²) in [6.45, 7) is 6.22. The largest absolute Gasteiger partial charge is 0.361 e. The lowest BCUT2D eigenvalue weighted by Crippen LogP contribution is -2.50. The third-order valence-electron chi connectivity index (χ3n) is 5.19. The highest BCUT2D eigenvalue weighted by atomic mass is 19.1. The van der Waals surface area contributed by atoms with Crippen LogP contribution >= 0.6 is 0 Å². The summed E-state index contributed by atoms with van der Waals surface area (Å²) in [7, 11) is 0. The van der Waals surface area contributed by atoms with E-state index in [0.29, 0.717) is 18.5 Å². The average molecular weight is 410 g/mol. The number of nitrogens with zero attached hydrogens (tertiary/aromatic N) is 1. The minimum absolute atomic E-state index is 0.171. The van der Waals surface area contributed by atoms with E-state index in [1.54, 1.807) is 30.9 Å². The van der Waals surface area contributed by atoms with Gasteiger partial charge in [0, 0.05) is 42.5 Å². The van der Waals surface area contributed by atoms with E-state index < -0.39 is 6.04 Å². The van der Waals surface area contributed by atoms with E-state index in [2.05, 4.69) is 10.3 Å². The van der Waals surface area contributed by atoms with Gasteiger partial charge in [0.05, 0.1) is 0 Å². The van der Waals surface area contributed by atoms with Gasteiger partial charge in [0.25, 0.3) is 0 Å². The van der Waals surface area contributed by atoms with Crippen LogP contribution in [0.1, 0.15) is 31.9 Å². The van der Waals surface area contributed by atoms with Crippen LogP contribution in [-0.2, 0) is 22.6 Å². The van der Waals surface area contributed by atoms with E-state index in [1.165, 1.54) is 12.1 Å². The van der Waals surface area contributed by atoms with Crippen molar-refractivity contribution in [2.75, 3.05) is 6.54 Å². The van der Waals surface area contributed by atoms with E-state index in [-0.39, 0.29) is 30.1 Å². The molecule has 3 aromatic rings. The van der Waals surface area contributed by atoms with Gasteiger partial charge >= 0.3 is 0 Å². The molecule has 0 aliphatic heterocycles. The Hall–Kier alpha value is -3.15. The maximum Gasteiger partial charge on any atom is 0.245 e. The third kappa shape index (κ3) is 5.06. The summed E-state index contributed by atoms with van der Waals surface area (Å²) in [5, 5.41) is 3.94. The molecule has 1 unspecified atom stereocenters. The quantitative estimate of drug-likeness (QED) is 0.590. The lowest BCUT2D eigenvalue weighted by atomic mass is 10.0. The van der Waals surface area contributed by atoms with Crippen molar-refractivity contribution in [3.8, 4) is 0 Å². The van der Waals surface area contributed by atoms with Crippen LogP contribution in [0.2, 0.25) is 0 Å². The molecule has 6 heteroatoms. The lowest BCUT2D eigenvalue weighted by Gasteiger charge is -2.27. The zero-order valence-electron chi connectivity index (χ0n) is 17.6. The molecule has 2 N–H and O–H groups in total. The number of hydrogen-bond acceptors (Lipinski definition) is 2. The number of para-hydroxylation sites is 1. The first kappa shape index (κ1) is 21.6. The number of halogens is 1. The molecule has 0 bridgehead atoms. The van der Waals surface area contributed by atoms with Crippen molar-refractivity contribution in [2.45, 2.75) is 39.8 Å². The second kappa shape index (κ2) is 9.57. The number of likely N-dealkylation sites (N-methyl/N-ethyl adjacent to an activating group) is 1. The minimum Gasteiger partial charge on any atom is -0.361 e. The van der Waals surface area contributed by atoms with Gasteiger partial charge in [0.15, 0.2) is 0 Å². The number of aromatic nitrogens is 1. The average Bonchev–Trinajstić information content (AvgIpc) is 3.14. The zero-order chi connectivity index (χ0) is 21.7. The molecular weight excluding hydrogens is 381 g/mol. The van der Waals surface area contributed by atoms with Crippen molar-refractivity contribution >= 4 is 22.7 Å². The molecule has 1 heterocycles. The van der Waals surface area contributed by atoms with E-state index >= 15 is 0 Å². The molecule has 0 radical (unpaired) electrons. The second-order valence-corrected chi connectivity index (χ2v) is 7.76. The summed E-state index contributed by atoms with van der Waals surface area (Å²) in [5.74, 6) is -0.919. The van der Waals surface area contributed by atoms with Crippen LogP contribution in [0.3, 0.4) is 0 Å². The first-order valence-electron chi connectivity index (χ1n) is 10.3. The Morgan fingerprint density at radius 2 is 1.90 bits per heavy atom. The summed E-state index contributed by atoms with van der Waals surface area (Å²) < 4.78 is 13.6. The van der Waals surface area contributed by atoms with E-state index in [9.17, 15) is 14.0 Å². The van der Waals surface area contributed by atoms with Crippen LogP contribution in [0.4, 0.5) is 4.39 Å². The number of hydrogen-bond donors (Lipinski definition) is 2. The fourth-order valence-corrected chi connectivity index (χ4v) is 3.48. The number of rotatable bonds is 8. The third-order valence-corrected chi connectivity index (χ3v) is 5.19. The maximum absolute atomic E-state index is 13.6. The first-order chi connectivity index (χ1) is 14.4. The molecule has 2 amide bonds. The van der Waals surface area contributed by atoms with Crippen molar-refractivity contribution in [3.63, 3.8) is 0 Å². The Balaban J connectivity index is 1.85. The molecule has 2 aromatic carbocycles. The fourth-order valence-electron chi connectivity index (χ4n) is 3.48. The molecule has 3 rings (SSSR count). The topological polar surface area (TPSA) is 65.2 Å². The fraction of sp³-hybridized carbons (Fsp3) is 0.333. The highest BCUT2D eigenvalue weighted by Crippen LogP contribution is 2.20. The molecular formula is C24H28FN3O2. The number of nitrogens with one attached hydrogen (secondary N) is 2. The van der Waals surface area contributed by atoms with Gasteiger partial charge in [-0.1, -0.05) is 44.2 Å². The molecule has 0 saturated carbocycles. The van der Waals surface area contributed by atoms with Crippen LogP contribution in [0.5, 0.6) is 0 Å². The molecule has 0 saturated heterocycles. The molecule has 0 aliphatic rings. The summed E-state index contributed by atoms with van der Waals surface area (Å²) in [6.07, 6.45) is 2.26. The molecule has 0 fully saturated rings. The molecule has 1 atom stereocenters. The van der Waals surface area contributed by atoms with Gasteiger partial charge < -0.3 is 15.2 Å². The summed E-state index contributed by atoms with van der Waals surface area (Å²) in [4.78, 5) is 30.7. The van der Waals surface area contributed by atoms with Gasteiger partial charge in [-0.25, -0.2) is 4.39 Å². The number of carbonyl (C=O) groups excluding carboxylic acids is 2. The number of aromatic amines is 1. The number of H-pyrrole nitrogens is 1. The van der Waals surface area contributed by atoms with Crippen LogP contribution in [0, 0.1) is 11.7 Å². The first-order valence-corrected chi connectivity index (χ1v) is 10.3. The number of fused-ring (bicyclic) bond motifs is 1. The van der Waals surface area contributed by atoms with Crippen molar-refractivity contribution in [1.82, 2.24) is 15.2 Å². The summed E-state index contributed by atoms with van der Waals surface area (Å²) in [6, 6.07) is 13.4. The zero-order valence-corrected chi connectivity index (χ0v) is 17.6. The van der Waals surface area contributed by atoms with Crippen molar-refractivity contribution in [1.29, 1.82) is 0 Å². The monoisotopic (exact) mass is 409 g/mol. The molecule has 1 aromatic heterocycles. The van der Waals surface area contributed by atoms with Crippen LogP contribution in [-0.4, -0.2) is 34.3 Å². The molecule has 5 nitrogen and oxygen atoms in total. The van der Waals surface area contributed by atoms with E-state index in [0.717, 1.165) is 16.5 Å². The molecule has 158 valence electrons. The Morgan fingerprint density at radius 1 is 1.13 bits per heavy atom. The lowest BCUT2D eigenvalue weighted by molar-refractivity contribution is -0.137. The van der Waals surface area contributed by atoms with Crippen molar-refractivity contribution in [2.24, 2.45) is 5.92 Å². The van der Waals surface area contributed by atoms with Crippen molar-refractivity contribution < 1.29 is 14.0 Å². The second-order valence-electron chi connectivity index (χ2n) is 7.76. The Kier molecular flexibility index (Phi) is 6.87. The predicted octanol–water partition coefficient (Wildman–Crippen LogP) is 4.04. The standard InChI is InChI=1S/C24H28FN3O2/c1-4-28(15-17-8-7-9-19(25)12-17)24(30)22(27-23(29)16(2)3)13-18-14-26-21-11-6-5-10-20(18)21/h5-12,14,16,22,26H,4,13,15H2,1-3H3,(H,27,29). The SMILES string of the molecule is CCN(Cc1cccc(F)c1)C(=O)C(Cc1c[nH]c2ccccc12)NC(=O)C(C)C. The van der Waals surface area contributed by atoms with E-state index in [1.807, 2.05) is 37.4 Å². The minimum atomic E-state index is -0.701. The number of carbonyl (C=O) groups is 2. The molecule has 0 aliphatic carbocycles. The van der Waals surface area contributed by atoms with Gasteiger partial charge in [0.2, 0.25) is 11.8 Å². The van der Waals surface area contributed by atoms with Crippen molar-refractivity contribution in [3.05, 3.63) is 71.7 Å². The van der Waals surface area contributed by atoms with Crippen LogP contribution < -0.4 is 5.32 Å². The van der Waals surface area contributed by atoms with Crippen LogP contribution in [0.25, 0.3) is 10.9 Å². The predicted molar refractivity (Wildman–Crippen MR) is 116 cm³/mol. The summed E-state index contributed by atoms with van der Waals surface area (Å²) >= 11 is 0. The Labute approximate surface area is 176 Å². The Bertz CT molecular complexity index is 1030. The number of amides is 2. The van der Waals surface area contributed by atoms with Gasteiger partial charge in [-0.3, -0.25) is 9.59 Å². The van der Waals surface area contributed by atoms with Gasteiger partial charge in [-0.05, 0) is 36.2 Å². The van der Waals surface area contributed by atoms with Crippen LogP contribution in [0.15, 0.2) is 54.7 Å². The summed E-state index contributed by atoms with van der Waals surface area (Å²) in [5.41, 5.74) is 2.67. The molecule has 0 spiro atoms.